The Balaban J connectivity index is 2.38. The Morgan fingerprint density at radius 2 is 1.84 bits per heavy atom. The molecule has 0 radical (unpaired) electrons. The molecule has 0 aliphatic heterocycles. The van der Waals surface area contributed by atoms with Crippen LogP contribution in [0.3, 0.4) is 0 Å². The van der Waals surface area contributed by atoms with Crippen molar-refractivity contribution in [3.63, 3.8) is 0 Å². The highest BCUT2D eigenvalue weighted by molar-refractivity contribution is 7.99. The van der Waals surface area contributed by atoms with Gasteiger partial charge in [0.1, 0.15) is 11.6 Å². The summed E-state index contributed by atoms with van der Waals surface area (Å²) < 4.78 is 0. The van der Waals surface area contributed by atoms with Crippen molar-refractivity contribution >= 4 is 17.6 Å². The number of nitrogens with zero attached hydrogens (tertiary/aromatic N) is 2. The van der Waals surface area contributed by atoms with Gasteiger partial charge in [0.2, 0.25) is 0 Å². The van der Waals surface area contributed by atoms with E-state index in [1.807, 2.05) is 49.0 Å². The molecule has 2 rings (SSSR count). The average molecular weight is 273 g/mol. The largest absolute Gasteiger partial charge is 0.383 e. The van der Waals surface area contributed by atoms with Crippen LogP contribution < -0.4 is 5.73 Å². The third-order valence-electron chi connectivity index (χ3n) is 2.82. The van der Waals surface area contributed by atoms with E-state index < -0.39 is 0 Å². The van der Waals surface area contributed by atoms with Gasteiger partial charge in [0.25, 0.3) is 0 Å². The molecule has 3 nitrogen and oxygen atoms in total. The second kappa shape index (κ2) is 6.06. The summed E-state index contributed by atoms with van der Waals surface area (Å²) in [6, 6.07) is 10.1. The molecule has 2 aromatic rings. The van der Waals surface area contributed by atoms with Crippen LogP contribution in [0.4, 0.5) is 5.82 Å². The van der Waals surface area contributed by atoms with Crippen LogP contribution in [0.2, 0.25) is 0 Å². The number of thioether (sulfide) groups is 1. The highest BCUT2D eigenvalue weighted by atomic mass is 32.2. The van der Waals surface area contributed by atoms with Crippen molar-refractivity contribution in [3.05, 3.63) is 41.7 Å². The molecule has 1 aromatic heterocycles. The molecule has 0 atom stereocenters. The zero-order chi connectivity index (χ0) is 13.8. The summed E-state index contributed by atoms with van der Waals surface area (Å²) in [5.41, 5.74) is 8.98. The molecular formula is C15H19N3S. The lowest BCUT2D eigenvalue weighted by Gasteiger charge is -2.11. The first kappa shape index (κ1) is 13.9. The minimum atomic E-state index is 0.561. The first-order valence-corrected chi connectivity index (χ1v) is 7.43. The van der Waals surface area contributed by atoms with E-state index in [1.54, 1.807) is 0 Å². The van der Waals surface area contributed by atoms with E-state index in [2.05, 4.69) is 23.8 Å². The van der Waals surface area contributed by atoms with Gasteiger partial charge >= 0.3 is 0 Å². The minimum Gasteiger partial charge on any atom is -0.383 e. The molecule has 1 aromatic carbocycles. The van der Waals surface area contributed by atoms with Crippen molar-refractivity contribution in [2.24, 2.45) is 0 Å². The summed E-state index contributed by atoms with van der Waals surface area (Å²) in [6.07, 6.45) is 0. The number of hydrogen-bond donors (Lipinski definition) is 1. The Labute approximate surface area is 118 Å². The molecule has 0 unspecified atom stereocenters. The first-order valence-electron chi connectivity index (χ1n) is 6.38. The van der Waals surface area contributed by atoms with Crippen LogP contribution in [0.5, 0.6) is 0 Å². The van der Waals surface area contributed by atoms with E-state index >= 15 is 0 Å². The molecule has 0 fully saturated rings. The zero-order valence-corrected chi connectivity index (χ0v) is 12.4. The van der Waals surface area contributed by atoms with Gasteiger partial charge in [-0.2, -0.15) is 11.8 Å². The smallest absolute Gasteiger partial charge is 0.141 e. The van der Waals surface area contributed by atoms with Crippen LogP contribution >= 0.6 is 11.8 Å². The monoisotopic (exact) mass is 273 g/mol. The summed E-state index contributed by atoms with van der Waals surface area (Å²) >= 11 is 1.82. The molecule has 0 saturated heterocycles. The van der Waals surface area contributed by atoms with Crippen molar-refractivity contribution < 1.29 is 0 Å². The normalized spacial score (nSPS) is 10.9. The second-order valence-corrected chi connectivity index (χ2v) is 6.29. The molecule has 0 spiro atoms. The fourth-order valence-corrected chi connectivity index (χ4v) is 2.38. The van der Waals surface area contributed by atoms with E-state index in [9.17, 15) is 0 Å². The predicted molar refractivity (Wildman–Crippen MR) is 83.0 cm³/mol. The molecule has 4 heteroatoms. The highest BCUT2D eigenvalue weighted by Crippen LogP contribution is 2.25. The molecule has 1 heterocycles. The Hall–Kier alpha value is -1.55. The first-order chi connectivity index (χ1) is 9.08. The molecule has 2 N–H and O–H groups in total. The van der Waals surface area contributed by atoms with Crippen molar-refractivity contribution in [2.75, 3.05) is 5.73 Å². The van der Waals surface area contributed by atoms with E-state index in [0.717, 1.165) is 28.4 Å². The van der Waals surface area contributed by atoms with Gasteiger partial charge < -0.3 is 5.73 Å². The molecule has 0 aliphatic carbocycles. The van der Waals surface area contributed by atoms with E-state index in [1.165, 1.54) is 0 Å². The molecule has 100 valence electrons. The number of benzene rings is 1. The second-order valence-electron chi connectivity index (χ2n) is 4.72. The Bertz CT molecular complexity index is 553. The summed E-state index contributed by atoms with van der Waals surface area (Å²) in [6.45, 7) is 6.30. The topological polar surface area (TPSA) is 51.8 Å². The van der Waals surface area contributed by atoms with Gasteiger partial charge in [-0.05, 0) is 12.2 Å². The summed E-state index contributed by atoms with van der Waals surface area (Å²) in [7, 11) is 0. The molecular weight excluding hydrogens is 254 g/mol. The van der Waals surface area contributed by atoms with Crippen molar-refractivity contribution in [1.29, 1.82) is 0 Å². The van der Waals surface area contributed by atoms with Gasteiger partial charge in [0, 0.05) is 11.1 Å². The summed E-state index contributed by atoms with van der Waals surface area (Å²) in [5.74, 6) is 2.18. The van der Waals surface area contributed by atoms with E-state index in [-0.39, 0.29) is 0 Å². The predicted octanol–water partition coefficient (Wildman–Crippen LogP) is 3.68. The van der Waals surface area contributed by atoms with Crippen molar-refractivity contribution in [1.82, 2.24) is 9.97 Å². The maximum absolute atomic E-state index is 6.00. The van der Waals surface area contributed by atoms with Crippen molar-refractivity contribution in [2.45, 2.75) is 31.8 Å². The third-order valence-corrected chi connectivity index (χ3v) is 3.91. The van der Waals surface area contributed by atoms with E-state index in [0.29, 0.717) is 11.1 Å². The lowest BCUT2D eigenvalue weighted by Crippen LogP contribution is -2.05. The van der Waals surface area contributed by atoms with Gasteiger partial charge in [-0.1, -0.05) is 44.2 Å². The van der Waals surface area contributed by atoms with Crippen LogP contribution in [-0.4, -0.2) is 15.2 Å². The quantitative estimate of drug-likeness (QED) is 0.923. The summed E-state index contributed by atoms with van der Waals surface area (Å²) in [5, 5.41) is 0.561. The Morgan fingerprint density at radius 3 is 2.47 bits per heavy atom. The standard InChI is InChI=1S/C15H19N3S/c1-10(2)19-9-13-17-14(11(3)15(16)18-13)12-7-5-4-6-8-12/h4-8,10H,9H2,1-3H3,(H2,16,17,18). The maximum Gasteiger partial charge on any atom is 0.141 e. The SMILES string of the molecule is Cc1c(N)nc(CSC(C)C)nc1-c1ccccc1. The molecule has 0 aliphatic rings. The number of aromatic nitrogens is 2. The van der Waals surface area contributed by atoms with Crippen LogP contribution in [0, 0.1) is 6.92 Å². The number of anilines is 1. The average Bonchev–Trinajstić information content (AvgIpc) is 2.41. The van der Waals surface area contributed by atoms with Crippen LogP contribution in [0.15, 0.2) is 30.3 Å². The fourth-order valence-electron chi connectivity index (χ4n) is 1.76. The number of rotatable bonds is 4. The zero-order valence-electron chi connectivity index (χ0n) is 11.6. The molecule has 0 bridgehead atoms. The van der Waals surface area contributed by atoms with Crippen LogP contribution in [0.1, 0.15) is 25.2 Å². The fraction of sp³-hybridized carbons (Fsp3) is 0.333. The van der Waals surface area contributed by atoms with Crippen molar-refractivity contribution in [3.8, 4) is 11.3 Å². The van der Waals surface area contributed by atoms with Gasteiger partial charge in [-0.25, -0.2) is 9.97 Å². The lowest BCUT2D eigenvalue weighted by atomic mass is 10.1. The maximum atomic E-state index is 6.00. The number of nitrogens with two attached hydrogens (primary N) is 1. The van der Waals surface area contributed by atoms with Gasteiger partial charge in [0.05, 0.1) is 11.4 Å². The third kappa shape index (κ3) is 3.47. The number of nitrogen functional groups attached to an aromatic ring is 1. The van der Waals surface area contributed by atoms with Gasteiger partial charge in [0.15, 0.2) is 0 Å². The number of hydrogen-bond acceptors (Lipinski definition) is 4. The Morgan fingerprint density at radius 1 is 1.16 bits per heavy atom. The Kier molecular flexibility index (Phi) is 4.43. The van der Waals surface area contributed by atoms with Crippen LogP contribution in [0.25, 0.3) is 11.3 Å². The lowest BCUT2D eigenvalue weighted by molar-refractivity contribution is 1.02. The molecule has 0 saturated carbocycles. The highest BCUT2D eigenvalue weighted by Gasteiger charge is 2.10. The minimum absolute atomic E-state index is 0.561. The van der Waals surface area contributed by atoms with E-state index in [4.69, 9.17) is 5.73 Å². The molecule has 0 amide bonds. The van der Waals surface area contributed by atoms with Gasteiger partial charge in [-0.15, -0.1) is 0 Å². The van der Waals surface area contributed by atoms with Crippen LogP contribution in [-0.2, 0) is 5.75 Å². The molecule has 19 heavy (non-hydrogen) atoms. The van der Waals surface area contributed by atoms with Gasteiger partial charge in [-0.3, -0.25) is 0 Å². The summed E-state index contributed by atoms with van der Waals surface area (Å²) in [4.78, 5) is 9.04.